The summed E-state index contributed by atoms with van der Waals surface area (Å²) in [5, 5.41) is 0. The van der Waals surface area contributed by atoms with E-state index in [0.29, 0.717) is 21.5 Å². The van der Waals surface area contributed by atoms with E-state index in [-0.39, 0.29) is 5.69 Å². The highest BCUT2D eigenvalue weighted by Crippen LogP contribution is 2.30. The van der Waals surface area contributed by atoms with Crippen molar-refractivity contribution in [2.75, 3.05) is 12.8 Å². The van der Waals surface area contributed by atoms with Gasteiger partial charge in [0.1, 0.15) is 17.3 Å². The predicted molar refractivity (Wildman–Crippen MR) is 76.4 cm³/mol. The molecule has 0 aliphatic carbocycles. The van der Waals surface area contributed by atoms with Crippen LogP contribution < -0.4 is 10.5 Å². The minimum Gasteiger partial charge on any atom is -0.465 e. The normalized spacial score (nSPS) is 10.2. The molecule has 2 aromatic carbocycles. The van der Waals surface area contributed by atoms with Crippen LogP contribution in [0.1, 0.15) is 10.4 Å². The minimum absolute atomic E-state index is 0.258. The van der Waals surface area contributed by atoms with Gasteiger partial charge in [-0.25, -0.2) is 9.18 Å². The van der Waals surface area contributed by atoms with Crippen LogP contribution in [0.25, 0.3) is 0 Å². The lowest BCUT2D eigenvalue weighted by molar-refractivity contribution is 0.0601. The van der Waals surface area contributed by atoms with Gasteiger partial charge in [-0.3, -0.25) is 0 Å². The third kappa shape index (κ3) is 3.27. The predicted octanol–water partition coefficient (Wildman–Crippen LogP) is 3.75. The molecule has 20 heavy (non-hydrogen) atoms. The average Bonchev–Trinajstić information content (AvgIpc) is 2.39. The van der Waals surface area contributed by atoms with Crippen LogP contribution in [0.3, 0.4) is 0 Å². The average molecular weight is 340 g/mol. The van der Waals surface area contributed by atoms with Gasteiger partial charge in [-0.05, 0) is 30.3 Å². The van der Waals surface area contributed by atoms with Crippen molar-refractivity contribution in [1.82, 2.24) is 0 Å². The van der Waals surface area contributed by atoms with Gasteiger partial charge in [-0.15, -0.1) is 0 Å². The van der Waals surface area contributed by atoms with Gasteiger partial charge in [-0.1, -0.05) is 15.9 Å². The molecule has 2 aromatic rings. The molecule has 0 amide bonds. The van der Waals surface area contributed by atoms with Gasteiger partial charge in [0.25, 0.3) is 0 Å². The van der Waals surface area contributed by atoms with Crippen molar-refractivity contribution < 1.29 is 18.7 Å². The summed E-state index contributed by atoms with van der Waals surface area (Å²) in [6.07, 6.45) is 0. The molecular weight excluding hydrogens is 329 g/mol. The van der Waals surface area contributed by atoms with Crippen molar-refractivity contribution >= 4 is 27.6 Å². The monoisotopic (exact) mass is 339 g/mol. The molecule has 0 atom stereocenters. The van der Waals surface area contributed by atoms with Crippen LogP contribution in [-0.4, -0.2) is 13.1 Å². The first-order valence-corrected chi connectivity index (χ1v) is 6.40. The van der Waals surface area contributed by atoms with Crippen LogP contribution in [-0.2, 0) is 4.74 Å². The number of nitrogens with two attached hydrogens (primary N) is 1. The third-order valence-electron chi connectivity index (χ3n) is 2.49. The van der Waals surface area contributed by atoms with Crippen molar-refractivity contribution in [3.63, 3.8) is 0 Å². The first-order valence-electron chi connectivity index (χ1n) is 5.61. The Morgan fingerprint density at radius 3 is 2.60 bits per heavy atom. The standard InChI is InChI=1S/C14H11BrFNO3/c1-19-14(18)8-2-3-13(12(17)4-8)20-11-6-9(15)5-10(16)7-11/h2-7H,17H2,1H3. The molecule has 104 valence electrons. The SMILES string of the molecule is COC(=O)c1ccc(Oc2cc(F)cc(Br)c2)c(N)c1. The van der Waals surface area contributed by atoms with E-state index in [1.165, 1.54) is 37.4 Å². The van der Waals surface area contributed by atoms with E-state index in [0.717, 1.165) is 0 Å². The second kappa shape index (κ2) is 5.92. The zero-order chi connectivity index (χ0) is 14.7. The van der Waals surface area contributed by atoms with Crippen LogP contribution in [0.15, 0.2) is 40.9 Å². The molecular formula is C14H11BrFNO3. The van der Waals surface area contributed by atoms with Gasteiger partial charge in [0, 0.05) is 10.5 Å². The zero-order valence-corrected chi connectivity index (χ0v) is 12.1. The molecule has 0 aliphatic rings. The van der Waals surface area contributed by atoms with Gasteiger partial charge >= 0.3 is 5.97 Å². The first kappa shape index (κ1) is 14.3. The minimum atomic E-state index is -0.489. The largest absolute Gasteiger partial charge is 0.465 e. The fourth-order valence-corrected chi connectivity index (χ4v) is 2.04. The molecule has 4 nitrogen and oxygen atoms in total. The van der Waals surface area contributed by atoms with Crippen molar-refractivity contribution in [2.24, 2.45) is 0 Å². The zero-order valence-electron chi connectivity index (χ0n) is 10.5. The lowest BCUT2D eigenvalue weighted by Gasteiger charge is -2.10. The number of rotatable bonds is 3. The van der Waals surface area contributed by atoms with Crippen LogP contribution >= 0.6 is 15.9 Å². The maximum absolute atomic E-state index is 13.2. The highest BCUT2D eigenvalue weighted by atomic mass is 79.9. The summed E-state index contributed by atoms with van der Waals surface area (Å²) >= 11 is 3.17. The number of ether oxygens (including phenoxy) is 2. The van der Waals surface area contributed by atoms with Crippen molar-refractivity contribution in [1.29, 1.82) is 0 Å². The number of carbonyl (C=O) groups excluding carboxylic acids is 1. The quantitative estimate of drug-likeness (QED) is 0.683. The second-order valence-electron chi connectivity index (χ2n) is 3.95. The summed E-state index contributed by atoms with van der Waals surface area (Å²) in [6, 6.07) is 8.65. The summed E-state index contributed by atoms with van der Waals surface area (Å²) in [5.41, 5.74) is 6.37. The Morgan fingerprint density at radius 1 is 1.25 bits per heavy atom. The fraction of sp³-hybridized carbons (Fsp3) is 0.0714. The summed E-state index contributed by atoms with van der Waals surface area (Å²) in [6.45, 7) is 0. The molecule has 0 saturated heterocycles. The van der Waals surface area contributed by atoms with E-state index in [9.17, 15) is 9.18 Å². The molecule has 2 N–H and O–H groups in total. The summed E-state index contributed by atoms with van der Waals surface area (Å²) in [4.78, 5) is 11.4. The van der Waals surface area contributed by atoms with E-state index in [1.54, 1.807) is 6.07 Å². The number of benzene rings is 2. The number of nitrogen functional groups attached to an aromatic ring is 1. The molecule has 0 aliphatic heterocycles. The fourth-order valence-electron chi connectivity index (χ4n) is 1.60. The molecule has 0 fully saturated rings. The molecule has 0 unspecified atom stereocenters. The highest BCUT2D eigenvalue weighted by molar-refractivity contribution is 9.10. The lowest BCUT2D eigenvalue weighted by atomic mass is 10.2. The number of esters is 1. The first-order chi connectivity index (χ1) is 9.49. The Labute approximate surface area is 123 Å². The Balaban J connectivity index is 2.27. The Morgan fingerprint density at radius 2 is 2.00 bits per heavy atom. The smallest absolute Gasteiger partial charge is 0.337 e. The third-order valence-corrected chi connectivity index (χ3v) is 2.95. The molecule has 0 radical (unpaired) electrons. The van der Waals surface area contributed by atoms with Crippen molar-refractivity contribution in [3.05, 3.63) is 52.3 Å². The van der Waals surface area contributed by atoms with Crippen LogP contribution in [0, 0.1) is 5.82 Å². The number of halogens is 2. The van der Waals surface area contributed by atoms with E-state index < -0.39 is 11.8 Å². The van der Waals surface area contributed by atoms with Crippen LogP contribution in [0.2, 0.25) is 0 Å². The molecule has 0 saturated carbocycles. The number of anilines is 1. The maximum Gasteiger partial charge on any atom is 0.337 e. The molecule has 0 bridgehead atoms. The van der Waals surface area contributed by atoms with E-state index >= 15 is 0 Å². The lowest BCUT2D eigenvalue weighted by Crippen LogP contribution is -2.02. The molecule has 0 spiro atoms. The topological polar surface area (TPSA) is 61.5 Å². The van der Waals surface area contributed by atoms with Crippen LogP contribution in [0.4, 0.5) is 10.1 Å². The highest BCUT2D eigenvalue weighted by Gasteiger charge is 2.10. The van der Waals surface area contributed by atoms with Gasteiger partial charge in [0.15, 0.2) is 0 Å². The van der Waals surface area contributed by atoms with Gasteiger partial charge in [0.2, 0.25) is 0 Å². The van der Waals surface area contributed by atoms with Gasteiger partial charge in [-0.2, -0.15) is 0 Å². The van der Waals surface area contributed by atoms with Crippen molar-refractivity contribution in [3.8, 4) is 11.5 Å². The summed E-state index contributed by atoms with van der Waals surface area (Å²) in [5.74, 6) is -0.291. The second-order valence-corrected chi connectivity index (χ2v) is 4.87. The Bertz CT molecular complexity index is 641. The number of carbonyl (C=O) groups is 1. The number of hydrogen-bond acceptors (Lipinski definition) is 4. The van der Waals surface area contributed by atoms with E-state index in [1.807, 2.05) is 0 Å². The molecule has 2 rings (SSSR count). The molecule has 6 heteroatoms. The molecule has 0 aromatic heterocycles. The van der Waals surface area contributed by atoms with Crippen LogP contribution in [0.5, 0.6) is 11.5 Å². The van der Waals surface area contributed by atoms with E-state index in [2.05, 4.69) is 20.7 Å². The number of hydrogen-bond donors (Lipinski definition) is 1. The molecule has 0 heterocycles. The van der Waals surface area contributed by atoms with E-state index in [4.69, 9.17) is 10.5 Å². The number of methoxy groups -OCH3 is 1. The Kier molecular flexibility index (Phi) is 4.24. The Hall–Kier alpha value is -2.08. The maximum atomic E-state index is 13.2. The summed E-state index contributed by atoms with van der Waals surface area (Å²) < 4.78 is 23.9. The van der Waals surface area contributed by atoms with Gasteiger partial charge in [0.05, 0.1) is 18.4 Å². The van der Waals surface area contributed by atoms with Crippen molar-refractivity contribution in [2.45, 2.75) is 0 Å². The summed E-state index contributed by atoms with van der Waals surface area (Å²) in [7, 11) is 1.28. The van der Waals surface area contributed by atoms with Gasteiger partial charge < -0.3 is 15.2 Å².